The molecular weight excluding hydrogens is 204 g/mol. The molecule has 2 nitrogen and oxygen atoms in total. The highest BCUT2D eigenvalue weighted by atomic mass is 35.5. The van der Waals surface area contributed by atoms with E-state index < -0.39 is 0 Å². The van der Waals surface area contributed by atoms with Crippen LogP contribution in [0.2, 0.25) is 5.02 Å². The third-order valence-electron chi connectivity index (χ3n) is 1.68. The maximum absolute atomic E-state index is 5.79. The predicted octanol–water partition coefficient (Wildman–Crippen LogP) is 3.05. The van der Waals surface area contributed by atoms with Gasteiger partial charge in [0.2, 0.25) is 0 Å². The molecule has 0 unspecified atom stereocenters. The van der Waals surface area contributed by atoms with Crippen molar-refractivity contribution in [2.75, 3.05) is 5.73 Å². The molecule has 0 amide bonds. The molecule has 0 aliphatic rings. The van der Waals surface area contributed by atoms with Crippen molar-refractivity contribution in [2.45, 2.75) is 0 Å². The smallest absolute Gasteiger partial charge is 0.125 e. The molecule has 1 aromatic heterocycles. The summed E-state index contributed by atoms with van der Waals surface area (Å²) in [5.74, 6) is 0. The van der Waals surface area contributed by atoms with Crippen LogP contribution < -0.4 is 5.73 Å². The van der Waals surface area contributed by atoms with E-state index in [1.54, 1.807) is 23.6 Å². The van der Waals surface area contributed by atoms with Crippen LogP contribution in [0.25, 0.3) is 10.6 Å². The molecule has 1 heterocycles. The van der Waals surface area contributed by atoms with Gasteiger partial charge in [0, 0.05) is 27.9 Å². The van der Waals surface area contributed by atoms with Gasteiger partial charge in [-0.1, -0.05) is 11.6 Å². The van der Waals surface area contributed by atoms with E-state index in [4.69, 9.17) is 17.3 Å². The summed E-state index contributed by atoms with van der Waals surface area (Å²) in [6, 6.07) is 5.43. The molecule has 0 spiro atoms. The van der Waals surface area contributed by atoms with Crippen molar-refractivity contribution in [2.24, 2.45) is 0 Å². The highest BCUT2D eigenvalue weighted by molar-refractivity contribution is 7.13. The van der Waals surface area contributed by atoms with E-state index in [0.717, 1.165) is 10.6 Å². The lowest BCUT2D eigenvalue weighted by Crippen LogP contribution is -1.88. The number of hydrogen-bond acceptors (Lipinski definition) is 3. The number of thiazole rings is 1. The minimum Gasteiger partial charge on any atom is -0.398 e. The second-order valence-electron chi connectivity index (χ2n) is 2.57. The number of anilines is 1. The number of nitrogens with zero attached hydrogens (tertiary/aromatic N) is 1. The van der Waals surface area contributed by atoms with Gasteiger partial charge in [0.15, 0.2) is 0 Å². The quantitative estimate of drug-likeness (QED) is 0.735. The molecule has 0 radical (unpaired) electrons. The van der Waals surface area contributed by atoms with Crippen molar-refractivity contribution in [1.82, 2.24) is 4.98 Å². The first-order valence-corrected chi connectivity index (χ1v) is 4.98. The summed E-state index contributed by atoms with van der Waals surface area (Å²) in [5, 5.41) is 3.50. The molecule has 0 fully saturated rings. The standard InChI is InChI=1S/C9H7ClN2S/c10-6-1-2-7(8(11)5-6)9-12-3-4-13-9/h1-5H,11H2. The molecule has 0 aliphatic carbocycles. The SMILES string of the molecule is Nc1cc(Cl)ccc1-c1nccs1. The highest BCUT2D eigenvalue weighted by Gasteiger charge is 2.04. The lowest BCUT2D eigenvalue weighted by Gasteiger charge is -2.01. The third kappa shape index (κ3) is 1.66. The lowest BCUT2D eigenvalue weighted by atomic mass is 10.2. The molecule has 13 heavy (non-hydrogen) atoms. The Morgan fingerprint density at radius 1 is 1.38 bits per heavy atom. The van der Waals surface area contributed by atoms with Crippen molar-refractivity contribution in [1.29, 1.82) is 0 Å². The Morgan fingerprint density at radius 3 is 2.85 bits per heavy atom. The van der Waals surface area contributed by atoms with E-state index in [1.807, 2.05) is 17.5 Å². The molecule has 2 N–H and O–H groups in total. The van der Waals surface area contributed by atoms with E-state index >= 15 is 0 Å². The summed E-state index contributed by atoms with van der Waals surface area (Å²) in [6.07, 6.45) is 1.76. The molecule has 66 valence electrons. The Balaban J connectivity index is 2.53. The minimum atomic E-state index is 0.651. The Bertz CT molecular complexity index is 412. The lowest BCUT2D eigenvalue weighted by molar-refractivity contribution is 1.41. The van der Waals surface area contributed by atoms with Gasteiger partial charge in [-0.05, 0) is 18.2 Å². The maximum Gasteiger partial charge on any atom is 0.125 e. The number of benzene rings is 1. The largest absolute Gasteiger partial charge is 0.398 e. The second-order valence-corrected chi connectivity index (χ2v) is 3.90. The number of aromatic nitrogens is 1. The van der Waals surface area contributed by atoms with Crippen LogP contribution in [0, 0.1) is 0 Å². The van der Waals surface area contributed by atoms with Crippen LogP contribution in [-0.4, -0.2) is 4.98 Å². The Kier molecular flexibility index (Phi) is 2.20. The summed E-state index contributed by atoms with van der Waals surface area (Å²) in [4.78, 5) is 4.17. The molecule has 0 aliphatic heterocycles. The first-order chi connectivity index (χ1) is 6.27. The monoisotopic (exact) mass is 210 g/mol. The van der Waals surface area contributed by atoms with Crippen LogP contribution in [0.3, 0.4) is 0 Å². The molecule has 2 rings (SSSR count). The van der Waals surface area contributed by atoms with Crippen molar-refractivity contribution >= 4 is 28.6 Å². The maximum atomic E-state index is 5.79. The number of hydrogen-bond donors (Lipinski definition) is 1. The highest BCUT2D eigenvalue weighted by Crippen LogP contribution is 2.29. The van der Waals surface area contributed by atoms with Crippen LogP contribution in [-0.2, 0) is 0 Å². The first-order valence-electron chi connectivity index (χ1n) is 3.72. The normalized spacial score (nSPS) is 10.2. The molecule has 0 atom stereocenters. The summed E-state index contributed by atoms with van der Waals surface area (Å²) in [6.45, 7) is 0. The summed E-state index contributed by atoms with van der Waals surface area (Å²) >= 11 is 7.34. The second kappa shape index (κ2) is 3.36. The minimum absolute atomic E-state index is 0.651. The number of rotatable bonds is 1. The zero-order valence-corrected chi connectivity index (χ0v) is 8.27. The molecular formula is C9H7ClN2S. The summed E-state index contributed by atoms with van der Waals surface area (Å²) < 4.78 is 0. The average Bonchev–Trinajstić information content (AvgIpc) is 2.56. The van der Waals surface area contributed by atoms with E-state index in [9.17, 15) is 0 Å². The summed E-state index contributed by atoms with van der Waals surface area (Å²) in [5.41, 5.74) is 7.41. The van der Waals surface area contributed by atoms with Crippen LogP contribution in [0.1, 0.15) is 0 Å². The number of halogens is 1. The topological polar surface area (TPSA) is 38.9 Å². The van der Waals surface area contributed by atoms with Gasteiger partial charge in [-0.3, -0.25) is 0 Å². The first kappa shape index (κ1) is 8.53. The summed E-state index contributed by atoms with van der Waals surface area (Å²) in [7, 11) is 0. The average molecular weight is 211 g/mol. The Hall–Kier alpha value is -1.06. The van der Waals surface area contributed by atoms with Crippen molar-refractivity contribution < 1.29 is 0 Å². The Labute approximate surface area is 85.0 Å². The van der Waals surface area contributed by atoms with Gasteiger partial charge >= 0.3 is 0 Å². The van der Waals surface area contributed by atoms with Gasteiger partial charge in [-0.2, -0.15) is 0 Å². The fourth-order valence-corrected chi connectivity index (χ4v) is 1.95. The van der Waals surface area contributed by atoms with Gasteiger partial charge in [0.1, 0.15) is 5.01 Å². The molecule has 2 aromatic rings. The van der Waals surface area contributed by atoms with Crippen molar-refractivity contribution in [3.8, 4) is 10.6 Å². The molecule has 0 saturated heterocycles. The zero-order valence-electron chi connectivity index (χ0n) is 6.70. The van der Waals surface area contributed by atoms with Gasteiger partial charge in [-0.25, -0.2) is 4.98 Å². The molecule has 1 aromatic carbocycles. The molecule has 0 bridgehead atoms. The number of nitrogens with two attached hydrogens (primary N) is 1. The predicted molar refractivity (Wildman–Crippen MR) is 57.0 cm³/mol. The van der Waals surface area contributed by atoms with Gasteiger partial charge < -0.3 is 5.73 Å². The van der Waals surface area contributed by atoms with E-state index in [1.165, 1.54) is 0 Å². The third-order valence-corrected chi connectivity index (χ3v) is 2.72. The molecule has 0 saturated carbocycles. The van der Waals surface area contributed by atoms with Crippen LogP contribution in [0.15, 0.2) is 29.8 Å². The fraction of sp³-hybridized carbons (Fsp3) is 0. The van der Waals surface area contributed by atoms with E-state index in [-0.39, 0.29) is 0 Å². The van der Waals surface area contributed by atoms with Gasteiger partial charge in [0.05, 0.1) is 0 Å². The van der Waals surface area contributed by atoms with Crippen LogP contribution >= 0.6 is 22.9 Å². The van der Waals surface area contributed by atoms with E-state index in [2.05, 4.69) is 4.98 Å². The van der Waals surface area contributed by atoms with Crippen molar-refractivity contribution in [3.05, 3.63) is 34.8 Å². The Morgan fingerprint density at radius 2 is 2.23 bits per heavy atom. The van der Waals surface area contributed by atoms with Crippen molar-refractivity contribution in [3.63, 3.8) is 0 Å². The van der Waals surface area contributed by atoms with Crippen LogP contribution in [0.4, 0.5) is 5.69 Å². The van der Waals surface area contributed by atoms with Gasteiger partial charge in [-0.15, -0.1) is 11.3 Å². The zero-order chi connectivity index (χ0) is 9.26. The van der Waals surface area contributed by atoms with Gasteiger partial charge in [0.25, 0.3) is 0 Å². The fourth-order valence-electron chi connectivity index (χ4n) is 1.08. The molecule has 4 heteroatoms. The van der Waals surface area contributed by atoms with E-state index in [0.29, 0.717) is 10.7 Å². The number of nitrogen functional groups attached to an aromatic ring is 1. The van der Waals surface area contributed by atoms with Crippen LogP contribution in [0.5, 0.6) is 0 Å².